The fraction of sp³-hybridized carbons (Fsp3) is 0.368. The Kier molecular flexibility index (Phi) is 4.17. The number of aromatic nitrogens is 1. The van der Waals surface area contributed by atoms with Crippen molar-refractivity contribution in [3.8, 4) is 0 Å². The largest absolute Gasteiger partial charge is 0.378 e. The normalized spacial score (nSPS) is 17.5. The Labute approximate surface area is 141 Å². The number of ether oxygens (including phenoxy) is 1. The molecule has 1 amide bonds. The first-order valence-electron chi connectivity index (χ1n) is 8.50. The molecule has 0 unspecified atom stereocenters. The average Bonchev–Trinajstić information content (AvgIpc) is 2.68. The van der Waals surface area contributed by atoms with Crippen LogP contribution >= 0.6 is 0 Å². The monoisotopic (exact) mass is 323 g/mol. The Morgan fingerprint density at radius 2 is 1.92 bits per heavy atom. The number of benzene rings is 1. The van der Waals surface area contributed by atoms with Crippen LogP contribution < -0.4 is 9.80 Å². The molecule has 1 saturated heterocycles. The van der Waals surface area contributed by atoms with E-state index in [0.29, 0.717) is 5.56 Å². The van der Waals surface area contributed by atoms with E-state index < -0.39 is 0 Å². The summed E-state index contributed by atoms with van der Waals surface area (Å²) in [5.74, 6) is 0.0322. The van der Waals surface area contributed by atoms with Crippen LogP contribution in [0.5, 0.6) is 0 Å². The van der Waals surface area contributed by atoms with Gasteiger partial charge in [0.1, 0.15) is 0 Å². The molecule has 1 fully saturated rings. The Morgan fingerprint density at radius 3 is 2.79 bits per heavy atom. The molecule has 0 N–H and O–H groups in total. The van der Waals surface area contributed by atoms with E-state index in [2.05, 4.69) is 16.0 Å². The van der Waals surface area contributed by atoms with Crippen LogP contribution in [0.1, 0.15) is 22.3 Å². The maximum absolute atomic E-state index is 13.0. The Bertz CT molecular complexity index is 741. The van der Waals surface area contributed by atoms with Crippen LogP contribution in [0.25, 0.3) is 0 Å². The summed E-state index contributed by atoms with van der Waals surface area (Å²) in [4.78, 5) is 21.4. The van der Waals surface area contributed by atoms with E-state index in [1.807, 2.05) is 35.4 Å². The highest BCUT2D eigenvalue weighted by Gasteiger charge is 2.24. The number of morpholine rings is 1. The molecule has 1 aromatic carbocycles. The van der Waals surface area contributed by atoms with Crippen molar-refractivity contribution in [1.82, 2.24) is 4.98 Å². The lowest BCUT2D eigenvalue weighted by molar-refractivity contribution is 0.0984. The number of amides is 1. The SMILES string of the molecule is O=C(c1cncc(N2CCOCC2)c1)N1CCCc2ccccc21. The summed E-state index contributed by atoms with van der Waals surface area (Å²) in [6.07, 6.45) is 5.53. The lowest BCUT2D eigenvalue weighted by atomic mass is 10.0. The molecule has 0 radical (unpaired) electrons. The molecule has 2 aliphatic rings. The predicted molar refractivity (Wildman–Crippen MR) is 93.7 cm³/mol. The third-order valence-corrected chi connectivity index (χ3v) is 4.70. The summed E-state index contributed by atoms with van der Waals surface area (Å²) < 4.78 is 5.40. The van der Waals surface area contributed by atoms with Gasteiger partial charge in [-0.3, -0.25) is 9.78 Å². The van der Waals surface area contributed by atoms with Gasteiger partial charge in [0, 0.05) is 31.5 Å². The average molecular weight is 323 g/mol. The predicted octanol–water partition coefficient (Wildman–Crippen LogP) is 2.51. The van der Waals surface area contributed by atoms with Gasteiger partial charge in [-0.15, -0.1) is 0 Å². The molecule has 0 spiro atoms. The van der Waals surface area contributed by atoms with E-state index in [9.17, 15) is 4.79 Å². The van der Waals surface area contributed by atoms with Gasteiger partial charge in [-0.1, -0.05) is 18.2 Å². The molecule has 124 valence electrons. The molecule has 0 atom stereocenters. The zero-order chi connectivity index (χ0) is 16.4. The molecule has 3 heterocycles. The van der Waals surface area contributed by atoms with Crippen molar-refractivity contribution >= 4 is 17.3 Å². The van der Waals surface area contributed by atoms with Crippen LogP contribution in [0, 0.1) is 0 Å². The summed E-state index contributed by atoms with van der Waals surface area (Å²) >= 11 is 0. The summed E-state index contributed by atoms with van der Waals surface area (Å²) in [5.41, 5.74) is 3.92. The molecule has 5 nitrogen and oxygen atoms in total. The van der Waals surface area contributed by atoms with Gasteiger partial charge in [-0.05, 0) is 30.5 Å². The third kappa shape index (κ3) is 2.87. The number of nitrogens with zero attached hydrogens (tertiary/aromatic N) is 3. The van der Waals surface area contributed by atoms with Crippen LogP contribution in [-0.4, -0.2) is 43.7 Å². The first kappa shape index (κ1) is 15.1. The van der Waals surface area contributed by atoms with Gasteiger partial charge in [0.25, 0.3) is 5.91 Å². The van der Waals surface area contributed by atoms with Gasteiger partial charge in [0.2, 0.25) is 0 Å². The number of aryl methyl sites for hydroxylation is 1. The first-order valence-corrected chi connectivity index (χ1v) is 8.50. The second-order valence-corrected chi connectivity index (χ2v) is 6.22. The highest BCUT2D eigenvalue weighted by molar-refractivity contribution is 6.07. The minimum absolute atomic E-state index is 0.0322. The topological polar surface area (TPSA) is 45.7 Å². The van der Waals surface area contributed by atoms with Crippen molar-refractivity contribution in [1.29, 1.82) is 0 Å². The smallest absolute Gasteiger partial charge is 0.259 e. The summed E-state index contributed by atoms with van der Waals surface area (Å²) in [5, 5.41) is 0. The number of hydrogen-bond donors (Lipinski definition) is 0. The highest BCUT2D eigenvalue weighted by atomic mass is 16.5. The van der Waals surface area contributed by atoms with Gasteiger partial charge in [0.15, 0.2) is 0 Å². The van der Waals surface area contributed by atoms with E-state index >= 15 is 0 Å². The maximum atomic E-state index is 13.0. The van der Waals surface area contributed by atoms with Crippen LogP contribution in [0.4, 0.5) is 11.4 Å². The number of pyridine rings is 1. The quantitative estimate of drug-likeness (QED) is 0.852. The van der Waals surface area contributed by atoms with Crippen molar-refractivity contribution in [2.45, 2.75) is 12.8 Å². The lowest BCUT2D eigenvalue weighted by Gasteiger charge is -2.31. The number of rotatable bonds is 2. The lowest BCUT2D eigenvalue weighted by Crippen LogP contribution is -2.37. The van der Waals surface area contributed by atoms with Crippen molar-refractivity contribution in [3.63, 3.8) is 0 Å². The van der Waals surface area contributed by atoms with E-state index in [1.165, 1.54) is 5.56 Å². The molecule has 0 bridgehead atoms. The molecular formula is C19H21N3O2. The van der Waals surface area contributed by atoms with Gasteiger partial charge in [0.05, 0.1) is 30.7 Å². The molecule has 0 aliphatic carbocycles. The summed E-state index contributed by atoms with van der Waals surface area (Å²) in [6.45, 7) is 3.88. The Morgan fingerprint density at radius 1 is 1.08 bits per heavy atom. The molecule has 2 aliphatic heterocycles. The molecule has 2 aromatic rings. The number of para-hydroxylation sites is 1. The minimum Gasteiger partial charge on any atom is -0.378 e. The number of carbonyl (C=O) groups is 1. The molecule has 24 heavy (non-hydrogen) atoms. The molecular weight excluding hydrogens is 302 g/mol. The zero-order valence-corrected chi connectivity index (χ0v) is 13.6. The number of anilines is 2. The minimum atomic E-state index is 0.0322. The molecule has 0 saturated carbocycles. The van der Waals surface area contributed by atoms with Crippen molar-refractivity contribution in [2.24, 2.45) is 0 Å². The zero-order valence-electron chi connectivity index (χ0n) is 13.6. The summed E-state index contributed by atoms with van der Waals surface area (Å²) in [6, 6.07) is 10.1. The van der Waals surface area contributed by atoms with E-state index in [1.54, 1.807) is 6.20 Å². The van der Waals surface area contributed by atoms with Crippen LogP contribution in [0.15, 0.2) is 42.7 Å². The third-order valence-electron chi connectivity index (χ3n) is 4.70. The second-order valence-electron chi connectivity index (χ2n) is 6.22. The van der Waals surface area contributed by atoms with E-state index in [-0.39, 0.29) is 5.91 Å². The maximum Gasteiger partial charge on any atom is 0.259 e. The Balaban J connectivity index is 1.61. The van der Waals surface area contributed by atoms with E-state index in [4.69, 9.17) is 4.74 Å². The van der Waals surface area contributed by atoms with Crippen LogP contribution in [0.2, 0.25) is 0 Å². The van der Waals surface area contributed by atoms with E-state index in [0.717, 1.165) is 57.1 Å². The molecule has 5 heteroatoms. The van der Waals surface area contributed by atoms with Gasteiger partial charge >= 0.3 is 0 Å². The highest BCUT2D eigenvalue weighted by Crippen LogP contribution is 2.28. The first-order chi connectivity index (χ1) is 11.8. The van der Waals surface area contributed by atoms with Crippen LogP contribution in [-0.2, 0) is 11.2 Å². The van der Waals surface area contributed by atoms with Crippen molar-refractivity contribution in [2.75, 3.05) is 42.6 Å². The fourth-order valence-corrected chi connectivity index (χ4v) is 3.44. The molecule has 4 rings (SSSR count). The number of hydrogen-bond acceptors (Lipinski definition) is 4. The second kappa shape index (κ2) is 6.61. The van der Waals surface area contributed by atoms with Gasteiger partial charge in [-0.25, -0.2) is 0 Å². The van der Waals surface area contributed by atoms with Gasteiger partial charge < -0.3 is 14.5 Å². The number of carbonyl (C=O) groups excluding carboxylic acids is 1. The molecule has 1 aromatic heterocycles. The Hall–Kier alpha value is -2.40. The summed E-state index contributed by atoms with van der Waals surface area (Å²) in [7, 11) is 0. The van der Waals surface area contributed by atoms with Crippen LogP contribution in [0.3, 0.4) is 0 Å². The van der Waals surface area contributed by atoms with Crippen molar-refractivity contribution in [3.05, 3.63) is 53.9 Å². The van der Waals surface area contributed by atoms with Crippen molar-refractivity contribution < 1.29 is 9.53 Å². The standard InChI is InChI=1S/C19H21N3O2/c23-19(22-7-3-5-15-4-1-2-6-18(15)22)16-12-17(14-20-13-16)21-8-10-24-11-9-21/h1-2,4,6,12-14H,3,5,7-11H2. The van der Waals surface area contributed by atoms with Gasteiger partial charge in [-0.2, -0.15) is 0 Å². The number of fused-ring (bicyclic) bond motifs is 1. The fourth-order valence-electron chi connectivity index (χ4n) is 3.44.